The highest BCUT2D eigenvalue weighted by Crippen LogP contribution is 2.21. The Morgan fingerprint density at radius 1 is 1.30 bits per heavy atom. The van der Waals surface area contributed by atoms with E-state index in [1.807, 2.05) is 0 Å². The SMILES string of the molecule is COCc1ccc(C(=O)NC[C@H]2Cc3ccccc3CN2C)o1. The van der Waals surface area contributed by atoms with Crippen LogP contribution in [0.3, 0.4) is 0 Å². The predicted octanol–water partition coefficient (Wildman–Crippen LogP) is 2.21. The van der Waals surface area contributed by atoms with Crippen molar-refractivity contribution in [1.29, 1.82) is 0 Å². The van der Waals surface area contributed by atoms with E-state index in [0.29, 0.717) is 30.7 Å². The fraction of sp³-hybridized carbons (Fsp3) is 0.389. The fourth-order valence-electron chi connectivity index (χ4n) is 2.96. The van der Waals surface area contributed by atoms with Gasteiger partial charge in [0, 0.05) is 26.2 Å². The molecule has 0 spiro atoms. The standard InChI is InChI=1S/C18H22N2O3/c1-20-11-14-6-4-3-5-13(14)9-15(20)10-19-18(21)17-8-7-16(23-17)12-22-2/h3-8,15H,9-12H2,1-2H3,(H,19,21)/t15-/m1/s1. The molecule has 1 aliphatic rings. The summed E-state index contributed by atoms with van der Waals surface area (Å²) >= 11 is 0. The van der Waals surface area contributed by atoms with E-state index in [2.05, 4.69) is 41.5 Å². The molecule has 1 amide bonds. The zero-order chi connectivity index (χ0) is 16.2. The van der Waals surface area contributed by atoms with Crippen LogP contribution in [-0.4, -0.2) is 37.6 Å². The Morgan fingerprint density at radius 2 is 2.09 bits per heavy atom. The first-order valence-corrected chi connectivity index (χ1v) is 7.80. The van der Waals surface area contributed by atoms with Gasteiger partial charge in [0.25, 0.3) is 5.91 Å². The number of ether oxygens (including phenoxy) is 1. The lowest BCUT2D eigenvalue weighted by Crippen LogP contribution is -2.45. The molecule has 0 radical (unpaired) electrons. The molecule has 1 aliphatic heterocycles. The Bertz CT molecular complexity index is 680. The number of carbonyl (C=O) groups excluding carboxylic acids is 1. The molecule has 0 bridgehead atoms. The van der Waals surface area contributed by atoms with Gasteiger partial charge in [-0.2, -0.15) is 0 Å². The van der Waals surface area contributed by atoms with Crippen molar-refractivity contribution >= 4 is 5.91 Å². The maximum atomic E-state index is 12.2. The monoisotopic (exact) mass is 314 g/mol. The summed E-state index contributed by atoms with van der Waals surface area (Å²) in [5.74, 6) is 0.803. The van der Waals surface area contributed by atoms with Crippen LogP contribution in [0.5, 0.6) is 0 Å². The van der Waals surface area contributed by atoms with E-state index in [1.54, 1.807) is 19.2 Å². The van der Waals surface area contributed by atoms with E-state index in [1.165, 1.54) is 11.1 Å². The summed E-state index contributed by atoms with van der Waals surface area (Å²) in [5.41, 5.74) is 2.73. The Balaban J connectivity index is 1.58. The third kappa shape index (κ3) is 3.63. The quantitative estimate of drug-likeness (QED) is 0.919. The van der Waals surface area contributed by atoms with E-state index in [-0.39, 0.29) is 5.91 Å². The highest BCUT2D eigenvalue weighted by Gasteiger charge is 2.23. The van der Waals surface area contributed by atoms with Crippen molar-refractivity contribution in [2.75, 3.05) is 20.7 Å². The molecule has 0 aliphatic carbocycles. The van der Waals surface area contributed by atoms with Crippen LogP contribution in [0.2, 0.25) is 0 Å². The van der Waals surface area contributed by atoms with Gasteiger partial charge in [-0.15, -0.1) is 0 Å². The largest absolute Gasteiger partial charge is 0.453 e. The summed E-state index contributed by atoms with van der Waals surface area (Å²) in [6.45, 7) is 1.88. The number of furan rings is 1. The average Bonchev–Trinajstić information content (AvgIpc) is 3.01. The van der Waals surface area contributed by atoms with Gasteiger partial charge in [-0.1, -0.05) is 24.3 Å². The van der Waals surface area contributed by atoms with Crippen LogP contribution in [0.1, 0.15) is 27.4 Å². The molecule has 2 aromatic rings. The number of methoxy groups -OCH3 is 1. The molecular weight excluding hydrogens is 292 g/mol. The first kappa shape index (κ1) is 15.8. The smallest absolute Gasteiger partial charge is 0.287 e. The van der Waals surface area contributed by atoms with Crippen LogP contribution in [0.25, 0.3) is 0 Å². The maximum Gasteiger partial charge on any atom is 0.287 e. The molecule has 0 unspecified atom stereocenters. The first-order chi connectivity index (χ1) is 11.2. The molecular formula is C18H22N2O3. The number of carbonyl (C=O) groups is 1. The molecule has 23 heavy (non-hydrogen) atoms. The maximum absolute atomic E-state index is 12.2. The number of nitrogens with one attached hydrogen (secondary N) is 1. The summed E-state index contributed by atoms with van der Waals surface area (Å²) in [5, 5.41) is 2.97. The summed E-state index contributed by atoms with van der Waals surface area (Å²) in [6.07, 6.45) is 0.944. The van der Waals surface area contributed by atoms with Crippen molar-refractivity contribution in [2.45, 2.75) is 25.6 Å². The van der Waals surface area contributed by atoms with Gasteiger partial charge < -0.3 is 14.5 Å². The summed E-state index contributed by atoms with van der Waals surface area (Å²) in [6, 6.07) is 12.2. The molecule has 0 fully saturated rings. The molecule has 1 aromatic heterocycles. The third-order valence-corrected chi connectivity index (χ3v) is 4.29. The first-order valence-electron chi connectivity index (χ1n) is 7.80. The van der Waals surface area contributed by atoms with Crippen LogP contribution in [0.15, 0.2) is 40.8 Å². The van der Waals surface area contributed by atoms with Gasteiger partial charge in [0.2, 0.25) is 0 Å². The number of likely N-dealkylation sites (N-methyl/N-ethyl adjacent to an activating group) is 1. The van der Waals surface area contributed by atoms with Gasteiger partial charge in [-0.05, 0) is 36.7 Å². The number of hydrogen-bond acceptors (Lipinski definition) is 4. The molecule has 0 saturated heterocycles. The molecule has 1 atom stereocenters. The van der Waals surface area contributed by atoms with Crippen molar-refractivity contribution in [1.82, 2.24) is 10.2 Å². The minimum absolute atomic E-state index is 0.181. The molecule has 122 valence electrons. The molecule has 1 aromatic carbocycles. The number of rotatable bonds is 5. The summed E-state index contributed by atoms with van der Waals surface area (Å²) in [7, 11) is 3.69. The Kier molecular flexibility index (Phi) is 4.79. The molecule has 0 saturated carbocycles. The second kappa shape index (κ2) is 6.98. The Hall–Kier alpha value is -2.11. The lowest BCUT2D eigenvalue weighted by atomic mass is 9.94. The van der Waals surface area contributed by atoms with Crippen molar-refractivity contribution in [3.8, 4) is 0 Å². The van der Waals surface area contributed by atoms with Gasteiger partial charge in [-0.3, -0.25) is 9.69 Å². The summed E-state index contributed by atoms with van der Waals surface area (Å²) < 4.78 is 10.4. The molecule has 3 rings (SSSR count). The molecule has 1 N–H and O–H groups in total. The predicted molar refractivity (Wildman–Crippen MR) is 87.2 cm³/mol. The number of fused-ring (bicyclic) bond motifs is 1. The molecule has 5 heteroatoms. The lowest BCUT2D eigenvalue weighted by molar-refractivity contribution is 0.0898. The zero-order valence-electron chi connectivity index (χ0n) is 13.5. The Labute approximate surface area is 136 Å². The normalized spacial score (nSPS) is 17.7. The van der Waals surface area contributed by atoms with Gasteiger partial charge in [0.05, 0.1) is 0 Å². The van der Waals surface area contributed by atoms with Crippen molar-refractivity contribution in [2.24, 2.45) is 0 Å². The lowest BCUT2D eigenvalue weighted by Gasteiger charge is -2.34. The van der Waals surface area contributed by atoms with E-state index in [9.17, 15) is 4.79 Å². The van der Waals surface area contributed by atoms with Gasteiger partial charge in [-0.25, -0.2) is 0 Å². The summed E-state index contributed by atoms with van der Waals surface area (Å²) in [4.78, 5) is 14.5. The van der Waals surface area contributed by atoms with Crippen molar-refractivity contribution < 1.29 is 13.9 Å². The van der Waals surface area contributed by atoms with Crippen LogP contribution < -0.4 is 5.32 Å². The van der Waals surface area contributed by atoms with Crippen molar-refractivity contribution in [3.63, 3.8) is 0 Å². The number of hydrogen-bond donors (Lipinski definition) is 1. The van der Waals surface area contributed by atoms with Crippen molar-refractivity contribution in [3.05, 3.63) is 59.0 Å². The fourth-order valence-corrected chi connectivity index (χ4v) is 2.96. The van der Waals surface area contributed by atoms with E-state index < -0.39 is 0 Å². The van der Waals surface area contributed by atoms with Crippen LogP contribution in [-0.2, 0) is 24.3 Å². The van der Waals surface area contributed by atoms with E-state index in [4.69, 9.17) is 9.15 Å². The minimum Gasteiger partial charge on any atom is -0.453 e. The van der Waals surface area contributed by atoms with Crippen LogP contribution >= 0.6 is 0 Å². The third-order valence-electron chi connectivity index (χ3n) is 4.29. The van der Waals surface area contributed by atoms with Gasteiger partial charge in [0.1, 0.15) is 12.4 Å². The molecule has 5 nitrogen and oxygen atoms in total. The van der Waals surface area contributed by atoms with E-state index >= 15 is 0 Å². The highest BCUT2D eigenvalue weighted by molar-refractivity contribution is 5.91. The second-order valence-corrected chi connectivity index (χ2v) is 5.95. The van der Waals surface area contributed by atoms with E-state index in [0.717, 1.165) is 13.0 Å². The highest BCUT2D eigenvalue weighted by atomic mass is 16.5. The minimum atomic E-state index is -0.181. The number of amides is 1. The number of benzene rings is 1. The van der Waals surface area contributed by atoms with Gasteiger partial charge >= 0.3 is 0 Å². The topological polar surface area (TPSA) is 54.7 Å². The number of nitrogens with zero attached hydrogens (tertiary/aromatic N) is 1. The van der Waals surface area contributed by atoms with Gasteiger partial charge in [0.15, 0.2) is 5.76 Å². The van der Waals surface area contributed by atoms with Crippen LogP contribution in [0, 0.1) is 0 Å². The molecule has 2 heterocycles. The average molecular weight is 314 g/mol. The zero-order valence-corrected chi connectivity index (χ0v) is 13.5. The van der Waals surface area contributed by atoms with Crippen LogP contribution in [0.4, 0.5) is 0 Å². The second-order valence-electron chi connectivity index (χ2n) is 5.95. The Morgan fingerprint density at radius 3 is 2.87 bits per heavy atom.